The number of hydrogen-bond acceptors (Lipinski definition) is 6. The van der Waals surface area contributed by atoms with Crippen LogP contribution >= 0.6 is 0 Å². The van der Waals surface area contributed by atoms with Gasteiger partial charge in [-0.15, -0.1) is 0 Å². The zero-order chi connectivity index (χ0) is 25.8. The topological polar surface area (TPSA) is 110 Å². The van der Waals surface area contributed by atoms with Gasteiger partial charge in [-0.2, -0.15) is 0 Å². The summed E-state index contributed by atoms with van der Waals surface area (Å²) in [6, 6.07) is 8.70. The number of nitrogens with zero attached hydrogens (tertiary/aromatic N) is 1. The highest BCUT2D eigenvalue weighted by Gasteiger charge is 2.28. The van der Waals surface area contributed by atoms with Gasteiger partial charge in [0.1, 0.15) is 23.7 Å². The standard InChI is InChI=1S/C26H31FN2O6/c1-26(2,3)23(15-30)29-14-19(25(32)33)24(31)18-11-20(22(12-21(18)29)35-10-9-34-4)28-13-16-5-7-17(27)8-6-16/h5-8,11-12,14,23,28,30H,9-10,13,15H2,1-4H3,(H,32,33). The molecule has 1 aromatic heterocycles. The number of rotatable bonds is 10. The fourth-order valence-corrected chi connectivity index (χ4v) is 3.86. The minimum Gasteiger partial charge on any atom is -0.489 e. The number of halogens is 1. The van der Waals surface area contributed by atoms with Crippen LogP contribution in [-0.2, 0) is 11.3 Å². The lowest BCUT2D eigenvalue weighted by Gasteiger charge is -2.33. The predicted octanol–water partition coefficient (Wildman–Crippen LogP) is 4.06. The highest BCUT2D eigenvalue weighted by Crippen LogP contribution is 2.36. The lowest BCUT2D eigenvalue weighted by atomic mass is 9.86. The molecule has 1 heterocycles. The first kappa shape index (κ1) is 26.2. The smallest absolute Gasteiger partial charge is 0.341 e. The van der Waals surface area contributed by atoms with Crippen molar-refractivity contribution in [3.63, 3.8) is 0 Å². The van der Waals surface area contributed by atoms with Crippen LogP contribution in [0.4, 0.5) is 10.1 Å². The Bertz CT molecular complexity index is 1250. The molecule has 2 aromatic carbocycles. The number of ether oxygens (including phenoxy) is 2. The van der Waals surface area contributed by atoms with Crippen LogP contribution in [0, 0.1) is 11.2 Å². The maximum absolute atomic E-state index is 13.3. The Morgan fingerprint density at radius 2 is 1.86 bits per heavy atom. The van der Waals surface area contributed by atoms with Crippen molar-refractivity contribution in [2.24, 2.45) is 5.41 Å². The number of aromatic nitrogens is 1. The third-order valence-corrected chi connectivity index (χ3v) is 5.81. The molecule has 0 saturated carbocycles. The summed E-state index contributed by atoms with van der Waals surface area (Å²) < 4.78 is 25.9. The van der Waals surface area contributed by atoms with Gasteiger partial charge >= 0.3 is 5.97 Å². The van der Waals surface area contributed by atoms with Crippen molar-refractivity contribution in [3.8, 4) is 5.75 Å². The molecule has 0 fully saturated rings. The van der Waals surface area contributed by atoms with Crippen LogP contribution in [0.15, 0.2) is 47.4 Å². The molecule has 0 saturated heterocycles. The molecule has 3 N–H and O–H groups in total. The highest BCUT2D eigenvalue weighted by molar-refractivity contribution is 5.94. The molecule has 0 spiro atoms. The normalized spacial score (nSPS) is 12.5. The Balaban J connectivity index is 2.21. The molecule has 0 aliphatic carbocycles. The number of carbonyl (C=O) groups is 1. The Morgan fingerprint density at radius 1 is 1.17 bits per heavy atom. The van der Waals surface area contributed by atoms with Crippen molar-refractivity contribution < 1.29 is 28.9 Å². The van der Waals surface area contributed by atoms with Gasteiger partial charge in [0.25, 0.3) is 0 Å². The van der Waals surface area contributed by atoms with E-state index in [0.717, 1.165) is 5.56 Å². The van der Waals surface area contributed by atoms with Crippen molar-refractivity contribution >= 4 is 22.6 Å². The molecule has 0 radical (unpaired) electrons. The number of aliphatic hydroxyl groups excluding tert-OH is 1. The fourth-order valence-electron chi connectivity index (χ4n) is 3.86. The maximum Gasteiger partial charge on any atom is 0.341 e. The van der Waals surface area contributed by atoms with E-state index in [1.54, 1.807) is 35.9 Å². The van der Waals surface area contributed by atoms with Gasteiger partial charge in [0.15, 0.2) is 0 Å². The number of aromatic carboxylic acids is 1. The van der Waals surface area contributed by atoms with Crippen molar-refractivity contribution in [1.29, 1.82) is 0 Å². The number of carboxylic acid groups (broad SMARTS) is 1. The van der Waals surface area contributed by atoms with E-state index in [9.17, 15) is 24.2 Å². The third kappa shape index (κ3) is 5.98. The van der Waals surface area contributed by atoms with Gasteiger partial charge in [-0.3, -0.25) is 4.79 Å². The van der Waals surface area contributed by atoms with Crippen LogP contribution in [-0.4, -0.2) is 47.7 Å². The van der Waals surface area contributed by atoms with E-state index in [1.807, 2.05) is 20.8 Å². The summed E-state index contributed by atoms with van der Waals surface area (Å²) in [6.07, 6.45) is 1.28. The zero-order valence-corrected chi connectivity index (χ0v) is 20.3. The number of fused-ring (bicyclic) bond motifs is 1. The Kier molecular flexibility index (Phi) is 8.14. The van der Waals surface area contributed by atoms with Crippen molar-refractivity contribution in [1.82, 2.24) is 4.57 Å². The predicted molar refractivity (Wildman–Crippen MR) is 132 cm³/mol. The van der Waals surface area contributed by atoms with E-state index in [4.69, 9.17) is 9.47 Å². The number of carboxylic acids is 1. The summed E-state index contributed by atoms with van der Waals surface area (Å²) in [5.41, 5.74) is 0.247. The summed E-state index contributed by atoms with van der Waals surface area (Å²) in [7, 11) is 1.55. The SMILES string of the molecule is COCCOc1cc2c(cc1NCc1ccc(F)cc1)c(=O)c(C(=O)O)cn2C(CO)C(C)(C)C. The number of nitrogens with one attached hydrogen (secondary N) is 1. The van der Waals surface area contributed by atoms with E-state index in [-0.39, 0.29) is 24.4 Å². The number of hydrogen-bond donors (Lipinski definition) is 3. The summed E-state index contributed by atoms with van der Waals surface area (Å²) in [4.78, 5) is 25.0. The molecule has 3 aromatic rings. The summed E-state index contributed by atoms with van der Waals surface area (Å²) in [5, 5.41) is 23.2. The molecular formula is C26H31FN2O6. The molecule has 1 atom stereocenters. The summed E-state index contributed by atoms with van der Waals surface area (Å²) in [6.45, 7) is 6.41. The molecule has 3 rings (SSSR count). The van der Waals surface area contributed by atoms with Crippen LogP contribution in [0.3, 0.4) is 0 Å². The molecule has 1 unspecified atom stereocenters. The molecule has 35 heavy (non-hydrogen) atoms. The molecule has 0 aliphatic heterocycles. The van der Waals surface area contributed by atoms with Crippen LogP contribution in [0.1, 0.15) is 42.7 Å². The van der Waals surface area contributed by atoms with Crippen LogP contribution in [0.5, 0.6) is 5.75 Å². The Hall–Kier alpha value is -3.43. The van der Waals surface area contributed by atoms with Gasteiger partial charge in [-0.1, -0.05) is 32.9 Å². The summed E-state index contributed by atoms with van der Waals surface area (Å²) >= 11 is 0. The average molecular weight is 487 g/mol. The second kappa shape index (κ2) is 10.9. The minimum atomic E-state index is -1.35. The summed E-state index contributed by atoms with van der Waals surface area (Å²) in [5.74, 6) is -1.27. The van der Waals surface area contributed by atoms with Gasteiger partial charge in [0.2, 0.25) is 5.43 Å². The van der Waals surface area contributed by atoms with Gasteiger partial charge in [0, 0.05) is 31.3 Å². The first-order valence-corrected chi connectivity index (χ1v) is 11.2. The van der Waals surface area contributed by atoms with E-state index < -0.39 is 28.4 Å². The van der Waals surface area contributed by atoms with Crippen molar-refractivity contribution in [2.45, 2.75) is 33.4 Å². The molecular weight excluding hydrogens is 455 g/mol. The van der Waals surface area contributed by atoms with Crippen LogP contribution in [0.2, 0.25) is 0 Å². The molecule has 8 nitrogen and oxygen atoms in total. The molecule has 188 valence electrons. The third-order valence-electron chi connectivity index (χ3n) is 5.81. The largest absolute Gasteiger partial charge is 0.489 e. The minimum absolute atomic E-state index is 0.174. The van der Waals surface area contributed by atoms with Gasteiger partial charge in [0.05, 0.1) is 30.5 Å². The average Bonchev–Trinajstić information content (AvgIpc) is 2.80. The van der Waals surface area contributed by atoms with Gasteiger partial charge in [-0.05, 0) is 29.2 Å². The number of benzene rings is 2. The van der Waals surface area contributed by atoms with Crippen molar-refractivity contribution in [3.05, 3.63) is 69.8 Å². The molecule has 0 aliphatic rings. The van der Waals surface area contributed by atoms with Crippen LogP contribution < -0.4 is 15.5 Å². The van der Waals surface area contributed by atoms with E-state index in [0.29, 0.717) is 30.1 Å². The fraction of sp³-hybridized carbons (Fsp3) is 0.385. The Morgan fingerprint density at radius 3 is 2.43 bits per heavy atom. The molecule has 0 amide bonds. The molecule has 0 bridgehead atoms. The van der Waals surface area contributed by atoms with E-state index in [2.05, 4.69) is 5.32 Å². The Labute approximate surface area is 202 Å². The van der Waals surface area contributed by atoms with Crippen molar-refractivity contribution in [2.75, 3.05) is 32.2 Å². The quantitative estimate of drug-likeness (QED) is 0.371. The maximum atomic E-state index is 13.3. The van der Waals surface area contributed by atoms with Crippen LogP contribution in [0.25, 0.3) is 10.9 Å². The monoisotopic (exact) mass is 486 g/mol. The lowest BCUT2D eigenvalue weighted by Crippen LogP contribution is -2.30. The number of anilines is 1. The second-order valence-corrected chi connectivity index (χ2v) is 9.34. The first-order valence-electron chi connectivity index (χ1n) is 11.2. The lowest BCUT2D eigenvalue weighted by molar-refractivity contribution is 0.0692. The van der Waals surface area contributed by atoms with Gasteiger partial charge in [-0.25, -0.2) is 9.18 Å². The highest BCUT2D eigenvalue weighted by atomic mass is 19.1. The number of pyridine rings is 1. The second-order valence-electron chi connectivity index (χ2n) is 9.34. The van der Waals surface area contributed by atoms with E-state index in [1.165, 1.54) is 18.3 Å². The molecule has 9 heteroatoms. The first-order chi connectivity index (χ1) is 16.6. The zero-order valence-electron chi connectivity index (χ0n) is 20.3. The van der Waals surface area contributed by atoms with Gasteiger partial charge < -0.3 is 29.6 Å². The number of methoxy groups -OCH3 is 1. The number of aliphatic hydroxyl groups is 1. The van der Waals surface area contributed by atoms with E-state index >= 15 is 0 Å².